The van der Waals surface area contributed by atoms with Crippen LogP contribution in [0, 0.1) is 11.8 Å². The van der Waals surface area contributed by atoms with Crippen molar-refractivity contribution in [2.45, 2.75) is 39.2 Å². The van der Waals surface area contributed by atoms with Gasteiger partial charge in [-0.2, -0.15) is 0 Å². The van der Waals surface area contributed by atoms with Crippen molar-refractivity contribution in [1.29, 1.82) is 0 Å². The maximum atomic E-state index is 3.78. The average Bonchev–Trinajstić information content (AvgIpc) is 2.26. The Bertz CT molecular complexity index is 176. The van der Waals surface area contributed by atoms with Gasteiger partial charge in [0.05, 0.1) is 0 Å². The zero-order chi connectivity index (χ0) is 12.7. The Hall–Kier alpha value is -0.120. The molecule has 0 amide bonds. The predicted molar refractivity (Wildman–Crippen MR) is 75.4 cm³/mol. The lowest BCUT2D eigenvalue weighted by molar-refractivity contribution is 0.277. The molecular formula is C14H31N3. The van der Waals surface area contributed by atoms with E-state index in [4.69, 9.17) is 0 Å². The number of piperidine rings is 1. The second kappa shape index (κ2) is 8.06. The Balaban J connectivity index is 2.26. The molecule has 102 valence electrons. The standard InChI is InChI=1S/C14H31N3/c1-12(2)9-14(11-17(3)4)16-10-13-5-7-15-8-6-13/h12-16H,5-11H2,1-4H3. The topological polar surface area (TPSA) is 27.3 Å². The predicted octanol–water partition coefficient (Wildman–Crippen LogP) is 1.55. The molecule has 0 spiro atoms. The van der Waals surface area contributed by atoms with Crippen molar-refractivity contribution in [3.63, 3.8) is 0 Å². The van der Waals surface area contributed by atoms with Crippen molar-refractivity contribution in [1.82, 2.24) is 15.5 Å². The first-order valence-electron chi connectivity index (χ1n) is 7.16. The first kappa shape index (κ1) is 14.9. The Morgan fingerprint density at radius 3 is 2.41 bits per heavy atom. The molecule has 17 heavy (non-hydrogen) atoms. The van der Waals surface area contributed by atoms with Crippen LogP contribution < -0.4 is 10.6 Å². The quantitative estimate of drug-likeness (QED) is 0.708. The largest absolute Gasteiger partial charge is 0.317 e. The van der Waals surface area contributed by atoms with Crippen LogP contribution in [-0.2, 0) is 0 Å². The zero-order valence-electron chi connectivity index (χ0n) is 12.1. The molecule has 3 heteroatoms. The molecule has 2 N–H and O–H groups in total. The van der Waals surface area contributed by atoms with Gasteiger partial charge < -0.3 is 15.5 Å². The number of hydrogen-bond acceptors (Lipinski definition) is 3. The lowest BCUT2D eigenvalue weighted by Crippen LogP contribution is -2.43. The van der Waals surface area contributed by atoms with Crippen molar-refractivity contribution in [2.24, 2.45) is 11.8 Å². The van der Waals surface area contributed by atoms with Crippen molar-refractivity contribution in [3.05, 3.63) is 0 Å². The first-order chi connectivity index (χ1) is 8.08. The lowest BCUT2D eigenvalue weighted by Gasteiger charge is -2.28. The van der Waals surface area contributed by atoms with E-state index in [1.54, 1.807) is 0 Å². The van der Waals surface area contributed by atoms with E-state index in [0.29, 0.717) is 6.04 Å². The summed E-state index contributed by atoms with van der Waals surface area (Å²) >= 11 is 0. The second-order valence-corrected chi connectivity index (χ2v) is 6.19. The summed E-state index contributed by atoms with van der Waals surface area (Å²) in [6.45, 7) is 9.39. The number of hydrogen-bond donors (Lipinski definition) is 2. The fourth-order valence-electron chi connectivity index (χ4n) is 2.65. The average molecular weight is 241 g/mol. The Morgan fingerprint density at radius 2 is 1.88 bits per heavy atom. The van der Waals surface area contributed by atoms with Gasteiger partial charge in [0.15, 0.2) is 0 Å². The summed E-state index contributed by atoms with van der Waals surface area (Å²) in [4.78, 5) is 2.29. The van der Waals surface area contributed by atoms with Crippen LogP contribution in [0.15, 0.2) is 0 Å². The van der Waals surface area contributed by atoms with E-state index in [9.17, 15) is 0 Å². The zero-order valence-corrected chi connectivity index (χ0v) is 12.1. The number of likely N-dealkylation sites (N-methyl/N-ethyl adjacent to an activating group) is 1. The van der Waals surface area contributed by atoms with Gasteiger partial charge in [0.25, 0.3) is 0 Å². The van der Waals surface area contributed by atoms with Crippen LogP contribution in [0.3, 0.4) is 0 Å². The molecule has 3 nitrogen and oxygen atoms in total. The highest BCUT2D eigenvalue weighted by Crippen LogP contribution is 2.12. The molecule has 1 fully saturated rings. The highest BCUT2D eigenvalue weighted by Gasteiger charge is 2.16. The van der Waals surface area contributed by atoms with Crippen LogP contribution in [0.5, 0.6) is 0 Å². The highest BCUT2D eigenvalue weighted by molar-refractivity contribution is 4.76. The van der Waals surface area contributed by atoms with E-state index in [-0.39, 0.29) is 0 Å². The molecule has 1 unspecified atom stereocenters. The molecule has 0 aliphatic carbocycles. The molecule has 1 rings (SSSR count). The molecule has 0 radical (unpaired) electrons. The molecule has 0 saturated carbocycles. The summed E-state index contributed by atoms with van der Waals surface area (Å²) < 4.78 is 0. The maximum absolute atomic E-state index is 3.78. The first-order valence-corrected chi connectivity index (χ1v) is 7.16. The van der Waals surface area contributed by atoms with Gasteiger partial charge in [-0.3, -0.25) is 0 Å². The molecule has 1 aliphatic rings. The summed E-state index contributed by atoms with van der Waals surface area (Å²) in [5.74, 6) is 1.66. The van der Waals surface area contributed by atoms with Crippen molar-refractivity contribution >= 4 is 0 Å². The molecule has 1 atom stereocenters. The van der Waals surface area contributed by atoms with E-state index in [2.05, 4.69) is 43.5 Å². The fourth-order valence-corrected chi connectivity index (χ4v) is 2.65. The molecule has 0 aromatic carbocycles. The lowest BCUT2D eigenvalue weighted by atomic mass is 9.96. The van der Waals surface area contributed by atoms with Gasteiger partial charge in [0.2, 0.25) is 0 Å². The minimum atomic E-state index is 0.653. The fraction of sp³-hybridized carbons (Fsp3) is 1.00. The third-order valence-electron chi connectivity index (χ3n) is 3.50. The summed E-state index contributed by atoms with van der Waals surface area (Å²) in [5.41, 5.74) is 0. The molecule has 0 bridgehead atoms. The second-order valence-electron chi connectivity index (χ2n) is 6.19. The van der Waals surface area contributed by atoms with Crippen LogP contribution in [0.4, 0.5) is 0 Å². The molecule has 1 heterocycles. The third-order valence-corrected chi connectivity index (χ3v) is 3.50. The van der Waals surface area contributed by atoms with Crippen LogP contribution in [-0.4, -0.2) is 51.2 Å². The normalized spacial score (nSPS) is 20.1. The van der Waals surface area contributed by atoms with Gasteiger partial charge in [-0.25, -0.2) is 0 Å². The van der Waals surface area contributed by atoms with Crippen LogP contribution >= 0.6 is 0 Å². The van der Waals surface area contributed by atoms with E-state index < -0.39 is 0 Å². The maximum Gasteiger partial charge on any atom is 0.0197 e. The van der Waals surface area contributed by atoms with E-state index in [1.807, 2.05) is 0 Å². The van der Waals surface area contributed by atoms with Crippen molar-refractivity contribution in [3.8, 4) is 0 Å². The monoisotopic (exact) mass is 241 g/mol. The third kappa shape index (κ3) is 7.02. The Kier molecular flexibility index (Phi) is 7.09. The Labute approximate surface area is 107 Å². The van der Waals surface area contributed by atoms with Crippen LogP contribution in [0.2, 0.25) is 0 Å². The van der Waals surface area contributed by atoms with Crippen molar-refractivity contribution < 1.29 is 0 Å². The van der Waals surface area contributed by atoms with Crippen LogP contribution in [0.1, 0.15) is 33.1 Å². The molecule has 0 aromatic heterocycles. The van der Waals surface area contributed by atoms with Gasteiger partial charge in [-0.1, -0.05) is 13.8 Å². The smallest absolute Gasteiger partial charge is 0.0197 e. The molecule has 1 aliphatic heterocycles. The summed E-state index contributed by atoms with van der Waals surface area (Å²) in [5, 5.41) is 7.21. The van der Waals surface area contributed by atoms with Gasteiger partial charge in [-0.05, 0) is 64.8 Å². The molecule has 1 saturated heterocycles. The van der Waals surface area contributed by atoms with E-state index >= 15 is 0 Å². The number of nitrogens with one attached hydrogen (secondary N) is 2. The minimum Gasteiger partial charge on any atom is -0.317 e. The van der Waals surface area contributed by atoms with Gasteiger partial charge in [-0.15, -0.1) is 0 Å². The van der Waals surface area contributed by atoms with Crippen LogP contribution in [0.25, 0.3) is 0 Å². The van der Waals surface area contributed by atoms with Crippen molar-refractivity contribution in [2.75, 3.05) is 40.3 Å². The SMILES string of the molecule is CC(C)CC(CN(C)C)NCC1CCNCC1. The molecular weight excluding hydrogens is 210 g/mol. The highest BCUT2D eigenvalue weighted by atomic mass is 15.1. The number of rotatable bonds is 7. The van der Waals surface area contributed by atoms with Gasteiger partial charge in [0.1, 0.15) is 0 Å². The minimum absolute atomic E-state index is 0.653. The van der Waals surface area contributed by atoms with Gasteiger partial charge >= 0.3 is 0 Å². The summed E-state index contributed by atoms with van der Waals surface area (Å²) in [7, 11) is 4.33. The summed E-state index contributed by atoms with van der Waals surface area (Å²) in [6, 6.07) is 0.653. The van der Waals surface area contributed by atoms with E-state index in [1.165, 1.54) is 38.9 Å². The Morgan fingerprint density at radius 1 is 1.24 bits per heavy atom. The number of nitrogens with zero attached hydrogens (tertiary/aromatic N) is 1. The summed E-state index contributed by atoms with van der Waals surface area (Å²) in [6.07, 6.45) is 3.95. The molecule has 0 aromatic rings. The van der Waals surface area contributed by atoms with E-state index in [0.717, 1.165) is 18.4 Å². The van der Waals surface area contributed by atoms with Gasteiger partial charge in [0, 0.05) is 12.6 Å².